The predicted molar refractivity (Wildman–Crippen MR) is 119 cm³/mol. The number of nitrogens with two attached hydrogens (primary N) is 1. The molecule has 11 heteroatoms. The van der Waals surface area contributed by atoms with Gasteiger partial charge in [0.15, 0.2) is 0 Å². The molecule has 0 aliphatic heterocycles. The number of sulfonamides is 1. The zero-order valence-corrected chi connectivity index (χ0v) is 18.0. The molecular weight excluding hydrogens is 448 g/mol. The van der Waals surface area contributed by atoms with Crippen LogP contribution in [0.15, 0.2) is 58.8 Å². The smallest absolute Gasteiger partial charge is 0.333 e. The van der Waals surface area contributed by atoms with Crippen LogP contribution in [0.1, 0.15) is 15.9 Å². The third-order valence-corrected chi connectivity index (χ3v) is 7.03. The minimum absolute atomic E-state index is 0.0722. The molecule has 0 fully saturated rings. The lowest BCUT2D eigenvalue weighted by Gasteiger charge is -2.12. The second-order valence-corrected chi connectivity index (χ2v) is 9.81. The number of nitrogen functional groups attached to an aromatic ring is 1. The first kappa shape index (κ1) is 21.6. The van der Waals surface area contributed by atoms with Crippen LogP contribution in [0.3, 0.4) is 0 Å². The molecule has 0 saturated heterocycles. The molecule has 2 aromatic carbocycles. The largest absolute Gasteiger partial charge is 0.398 e. The fourth-order valence-electron chi connectivity index (χ4n) is 2.55. The summed E-state index contributed by atoms with van der Waals surface area (Å²) in [5.74, 6) is -0.365. The van der Waals surface area contributed by atoms with Gasteiger partial charge in [-0.15, -0.1) is 11.3 Å². The molecule has 0 bridgehead atoms. The normalized spacial score (nSPS) is 11.0. The minimum Gasteiger partial charge on any atom is -0.398 e. The summed E-state index contributed by atoms with van der Waals surface area (Å²) in [5, 5.41) is 5.20. The van der Waals surface area contributed by atoms with Crippen LogP contribution < -0.4 is 21.1 Å². The second kappa shape index (κ2) is 8.74. The third-order valence-electron chi connectivity index (χ3n) is 3.98. The van der Waals surface area contributed by atoms with Gasteiger partial charge in [0.2, 0.25) is 0 Å². The van der Waals surface area contributed by atoms with E-state index in [1.54, 1.807) is 43.3 Å². The number of amides is 3. The van der Waals surface area contributed by atoms with E-state index >= 15 is 0 Å². The van der Waals surface area contributed by atoms with Crippen LogP contribution in [0.2, 0.25) is 4.34 Å². The van der Waals surface area contributed by atoms with Crippen molar-refractivity contribution in [3.63, 3.8) is 0 Å². The number of para-hydroxylation sites is 1. The number of benzene rings is 2. The highest BCUT2D eigenvalue weighted by molar-refractivity contribution is 7.92. The van der Waals surface area contributed by atoms with Crippen molar-refractivity contribution < 1.29 is 18.0 Å². The van der Waals surface area contributed by atoms with E-state index in [0.717, 1.165) is 11.3 Å². The van der Waals surface area contributed by atoms with E-state index in [9.17, 15) is 18.0 Å². The van der Waals surface area contributed by atoms with Gasteiger partial charge in [-0.3, -0.25) is 4.79 Å². The van der Waals surface area contributed by atoms with Crippen molar-refractivity contribution in [1.82, 2.24) is 4.72 Å². The van der Waals surface area contributed by atoms with Crippen LogP contribution in [-0.2, 0) is 10.0 Å². The molecule has 5 N–H and O–H groups in total. The second-order valence-electron chi connectivity index (χ2n) is 6.19. The predicted octanol–water partition coefficient (Wildman–Crippen LogP) is 4.05. The van der Waals surface area contributed by atoms with Gasteiger partial charge in [0.25, 0.3) is 15.9 Å². The van der Waals surface area contributed by atoms with Crippen LogP contribution in [0.25, 0.3) is 0 Å². The summed E-state index contributed by atoms with van der Waals surface area (Å²) in [4.78, 5) is 24.5. The molecule has 0 atom stereocenters. The fraction of sp³-hybridized carbons (Fsp3) is 0.0526. The summed E-state index contributed by atoms with van der Waals surface area (Å²) in [6.45, 7) is 1.73. The van der Waals surface area contributed by atoms with Gasteiger partial charge < -0.3 is 16.4 Å². The maximum atomic E-state index is 12.4. The lowest BCUT2D eigenvalue weighted by Crippen LogP contribution is -2.33. The average molecular weight is 465 g/mol. The Balaban J connectivity index is 1.67. The van der Waals surface area contributed by atoms with Gasteiger partial charge in [-0.05, 0) is 55.0 Å². The number of halogens is 1. The highest BCUT2D eigenvalue weighted by Gasteiger charge is 2.20. The third kappa shape index (κ3) is 5.09. The van der Waals surface area contributed by atoms with Crippen molar-refractivity contribution in [1.29, 1.82) is 0 Å². The molecule has 8 nitrogen and oxygen atoms in total. The fourth-order valence-corrected chi connectivity index (χ4v) is 4.94. The van der Waals surface area contributed by atoms with E-state index in [1.165, 1.54) is 18.2 Å². The molecule has 0 unspecified atom stereocenters. The number of anilines is 3. The molecule has 0 aliphatic carbocycles. The Bertz CT molecular complexity index is 1220. The maximum Gasteiger partial charge on any atom is 0.333 e. The van der Waals surface area contributed by atoms with Crippen LogP contribution in [0, 0.1) is 6.92 Å². The summed E-state index contributed by atoms with van der Waals surface area (Å²) in [5.41, 5.74) is 8.04. The summed E-state index contributed by atoms with van der Waals surface area (Å²) < 4.78 is 26.5. The van der Waals surface area contributed by atoms with Crippen molar-refractivity contribution in [3.05, 3.63) is 70.1 Å². The standard InChI is InChI=1S/C19H17ClN4O4S2/c1-11-10-12(22-19(26)24-30(27,28)17-9-8-16(20)29-17)6-7-15(11)23-18(25)13-4-2-3-5-14(13)21/h2-10H,21H2,1H3,(H,23,25)(H2,22,24,26). The monoisotopic (exact) mass is 464 g/mol. The zero-order chi connectivity index (χ0) is 21.9. The van der Waals surface area contributed by atoms with Crippen molar-refractivity contribution >= 4 is 62.0 Å². The van der Waals surface area contributed by atoms with E-state index in [2.05, 4.69) is 10.6 Å². The molecule has 1 aromatic heterocycles. The van der Waals surface area contributed by atoms with Gasteiger partial charge in [0.05, 0.1) is 9.90 Å². The van der Waals surface area contributed by atoms with Crippen molar-refractivity contribution in [2.24, 2.45) is 0 Å². The van der Waals surface area contributed by atoms with Crippen LogP contribution in [-0.4, -0.2) is 20.4 Å². The van der Waals surface area contributed by atoms with Crippen molar-refractivity contribution in [2.75, 3.05) is 16.4 Å². The minimum atomic E-state index is -4.02. The number of nitrogens with one attached hydrogen (secondary N) is 3. The van der Waals surface area contributed by atoms with Crippen molar-refractivity contribution in [2.45, 2.75) is 11.1 Å². The number of aryl methyl sites for hydroxylation is 1. The van der Waals surface area contributed by atoms with Gasteiger partial charge in [-0.1, -0.05) is 23.7 Å². The molecular formula is C19H17ClN4O4S2. The number of hydrogen-bond donors (Lipinski definition) is 4. The summed E-state index contributed by atoms with van der Waals surface area (Å²) >= 11 is 6.58. The van der Waals surface area contributed by atoms with Gasteiger partial charge in [0, 0.05) is 17.1 Å². The van der Waals surface area contributed by atoms with Crippen LogP contribution in [0.5, 0.6) is 0 Å². The first-order valence-corrected chi connectivity index (χ1v) is 11.2. The topological polar surface area (TPSA) is 130 Å². The lowest BCUT2D eigenvalue weighted by molar-refractivity contribution is 0.102. The van der Waals surface area contributed by atoms with Gasteiger partial charge >= 0.3 is 6.03 Å². The lowest BCUT2D eigenvalue weighted by atomic mass is 10.1. The van der Waals surface area contributed by atoms with E-state index in [1.807, 2.05) is 4.72 Å². The highest BCUT2D eigenvalue weighted by atomic mass is 35.5. The molecule has 3 aromatic rings. The number of hydrogen-bond acceptors (Lipinski definition) is 6. The molecule has 1 heterocycles. The highest BCUT2D eigenvalue weighted by Crippen LogP contribution is 2.25. The first-order chi connectivity index (χ1) is 14.2. The Morgan fingerprint density at radius 2 is 1.77 bits per heavy atom. The Labute approximate surface area is 182 Å². The molecule has 0 aliphatic rings. The molecule has 0 spiro atoms. The number of rotatable bonds is 5. The number of carbonyl (C=O) groups excluding carboxylic acids is 2. The summed E-state index contributed by atoms with van der Waals surface area (Å²) in [6, 6.07) is 13.2. The number of carbonyl (C=O) groups is 2. The maximum absolute atomic E-state index is 12.4. The van der Waals surface area contributed by atoms with Gasteiger partial charge in [-0.25, -0.2) is 17.9 Å². The Morgan fingerprint density at radius 3 is 2.40 bits per heavy atom. The van der Waals surface area contributed by atoms with E-state index in [-0.39, 0.29) is 10.1 Å². The van der Waals surface area contributed by atoms with E-state index in [4.69, 9.17) is 17.3 Å². The molecule has 3 rings (SSSR count). The van der Waals surface area contributed by atoms with Crippen LogP contribution >= 0.6 is 22.9 Å². The van der Waals surface area contributed by atoms with Crippen molar-refractivity contribution in [3.8, 4) is 0 Å². The van der Waals surface area contributed by atoms with Crippen LogP contribution in [0.4, 0.5) is 21.9 Å². The van der Waals surface area contributed by atoms with Gasteiger partial charge in [0.1, 0.15) is 4.21 Å². The first-order valence-electron chi connectivity index (χ1n) is 8.51. The average Bonchev–Trinajstić information content (AvgIpc) is 3.11. The Kier molecular flexibility index (Phi) is 6.30. The molecule has 156 valence electrons. The summed E-state index contributed by atoms with van der Waals surface area (Å²) in [6.07, 6.45) is 0. The summed E-state index contributed by atoms with van der Waals surface area (Å²) in [7, 11) is -4.02. The molecule has 30 heavy (non-hydrogen) atoms. The number of thiophene rings is 1. The Hall–Kier alpha value is -3.08. The van der Waals surface area contributed by atoms with E-state index < -0.39 is 16.1 Å². The zero-order valence-electron chi connectivity index (χ0n) is 15.6. The SMILES string of the molecule is Cc1cc(NC(=O)NS(=O)(=O)c2ccc(Cl)s2)ccc1NC(=O)c1ccccc1N. The number of urea groups is 1. The quantitative estimate of drug-likeness (QED) is 0.423. The molecule has 0 radical (unpaired) electrons. The van der Waals surface area contributed by atoms with Gasteiger partial charge in [-0.2, -0.15) is 0 Å². The molecule has 0 saturated carbocycles. The Morgan fingerprint density at radius 1 is 1.03 bits per heavy atom. The molecule has 3 amide bonds. The van der Waals surface area contributed by atoms with E-state index in [0.29, 0.717) is 32.5 Å².